The van der Waals surface area contributed by atoms with Crippen LogP contribution in [-0.2, 0) is 0 Å². The molecule has 2 rings (SSSR count). The minimum absolute atomic E-state index is 0.0772. The first-order valence-electron chi connectivity index (χ1n) is 6.20. The molecule has 4 N–H and O–H groups in total. The van der Waals surface area contributed by atoms with Crippen molar-refractivity contribution < 1.29 is 0 Å². The Morgan fingerprint density at radius 2 is 2.00 bits per heavy atom. The molecule has 2 atom stereocenters. The molecule has 1 aliphatic rings. The van der Waals surface area contributed by atoms with Crippen molar-refractivity contribution in [3.05, 3.63) is 17.9 Å². The van der Waals surface area contributed by atoms with Gasteiger partial charge in [-0.25, -0.2) is 4.98 Å². The van der Waals surface area contributed by atoms with Crippen LogP contribution in [0.3, 0.4) is 0 Å². The predicted octanol–water partition coefficient (Wildman–Crippen LogP) is 0.706. The number of likely N-dealkylation sites (tertiary alicyclic amines) is 1. The average molecular weight is 248 g/mol. The summed E-state index contributed by atoms with van der Waals surface area (Å²) in [6.07, 6.45) is 4.34. The minimum Gasteiger partial charge on any atom is -0.381 e. The number of hydrogen-bond acceptors (Lipinski definition) is 4. The molecule has 0 aliphatic carbocycles. The fraction of sp³-hybridized carbons (Fsp3) is 0.583. The second-order valence-corrected chi connectivity index (χ2v) is 5.21. The first kappa shape index (κ1) is 12.6. The number of aromatic nitrogens is 2. The summed E-state index contributed by atoms with van der Waals surface area (Å²) in [6.45, 7) is 6.11. The van der Waals surface area contributed by atoms with Crippen molar-refractivity contribution in [3.63, 3.8) is 0 Å². The van der Waals surface area contributed by atoms with Gasteiger partial charge in [0, 0.05) is 25.5 Å². The Hall–Kier alpha value is -1.85. The molecule has 2 heterocycles. The molecular weight excluding hydrogens is 228 g/mol. The molecule has 1 saturated heterocycles. The van der Waals surface area contributed by atoms with Crippen LogP contribution in [0.15, 0.2) is 12.4 Å². The molecule has 2 unspecified atom stereocenters. The fourth-order valence-electron chi connectivity index (χ4n) is 2.60. The Balaban J connectivity index is 2.26. The van der Waals surface area contributed by atoms with E-state index < -0.39 is 0 Å². The lowest BCUT2D eigenvalue weighted by atomic mass is 9.92. The van der Waals surface area contributed by atoms with E-state index in [1.54, 1.807) is 6.20 Å². The lowest BCUT2D eigenvalue weighted by molar-refractivity contribution is 0.208. The molecule has 0 bridgehead atoms. The van der Waals surface area contributed by atoms with Gasteiger partial charge < -0.3 is 10.6 Å². The maximum Gasteiger partial charge on any atom is 0.203 e. The standard InChI is InChI=1S/C12H20N6/c1-8-5-9(2)7-17(6-8)12(15)18-4-3-16-10(13)11(18)14/h3-4,8-9,14-15H,5-7H2,1-2H3,(H2,13,16). The quantitative estimate of drug-likeness (QED) is 0.466. The topological polar surface area (TPSA) is 94.8 Å². The highest BCUT2D eigenvalue weighted by molar-refractivity contribution is 5.79. The van der Waals surface area contributed by atoms with Crippen LogP contribution in [0.25, 0.3) is 0 Å². The summed E-state index contributed by atoms with van der Waals surface area (Å²) in [6, 6.07) is 0. The van der Waals surface area contributed by atoms with E-state index in [4.69, 9.17) is 16.6 Å². The van der Waals surface area contributed by atoms with E-state index in [9.17, 15) is 0 Å². The van der Waals surface area contributed by atoms with E-state index in [-0.39, 0.29) is 11.3 Å². The van der Waals surface area contributed by atoms with E-state index >= 15 is 0 Å². The van der Waals surface area contributed by atoms with E-state index in [1.165, 1.54) is 17.2 Å². The van der Waals surface area contributed by atoms with Gasteiger partial charge in [-0.3, -0.25) is 15.4 Å². The number of rotatable bonds is 0. The van der Waals surface area contributed by atoms with Crippen LogP contribution in [0.5, 0.6) is 0 Å². The maximum absolute atomic E-state index is 8.23. The Morgan fingerprint density at radius 1 is 1.39 bits per heavy atom. The lowest BCUT2D eigenvalue weighted by Gasteiger charge is -2.36. The first-order valence-corrected chi connectivity index (χ1v) is 6.20. The van der Waals surface area contributed by atoms with E-state index in [0.29, 0.717) is 17.8 Å². The third kappa shape index (κ3) is 2.37. The molecule has 1 fully saturated rings. The Bertz CT molecular complexity index is 496. The number of hydrogen-bond donors (Lipinski definition) is 3. The van der Waals surface area contributed by atoms with Gasteiger partial charge in [0.15, 0.2) is 11.3 Å². The van der Waals surface area contributed by atoms with Gasteiger partial charge in [0.05, 0.1) is 0 Å². The minimum atomic E-state index is 0.0772. The van der Waals surface area contributed by atoms with Crippen molar-refractivity contribution >= 4 is 11.8 Å². The number of piperidine rings is 1. The molecule has 6 heteroatoms. The first-order chi connectivity index (χ1) is 8.49. The molecule has 18 heavy (non-hydrogen) atoms. The summed E-state index contributed by atoms with van der Waals surface area (Å²) in [5.74, 6) is 1.61. The zero-order chi connectivity index (χ0) is 13.3. The van der Waals surface area contributed by atoms with Gasteiger partial charge in [-0.05, 0) is 18.3 Å². The zero-order valence-corrected chi connectivity index (χ0v) is 10.8. The van der Waals surface area contributed by atoms with Gasteiger partial charge in [-0.15, -0.1) is 0 Å². The van der Waals surface area contributed by atoms with Crippen LogP contribution in [0, 0.1) is 22.7 Å². The van der Waals surface area contributed by atoms with Crippen molar-refractivity contribution in [2.24, 2.45) is 11.8 Å². The Morgan fingerprint density at radius 3 is 2.61 bits per heavy atom. The molecule has 0 spiro atoms. The van der Waals surface area contributed by atoms with Crippen LogP contribution in [-0.4, -0.2) is 33.5 Å². The summed E-state index contributed by atoms with van der Waals surface area (Å²) in [7, 11) is 0. The largest absolute Gasteiger partial charge is 0.381 e. The highest BCUT2D eigenvalue weighted by Gasteiger charge is 2.24. The van der Waals surface area contributed by atoms with Crippen LogP contribution in [0.2, 0.25) is 0 Å². The van der Waals surface area contributed by atoms with Crippen molar-refractivity contribution in [2.75, 3.05) is 18.8 Å². The molecule has 1 aromatic heterocycles. The molecule has 0 amide bonds. The maximum atomic E-state index is 8.23. The molecule has 0 saturated carbocycles. The number of nitrogens with two attached hydrogens (primary N) is 1. The Kier molecular flexibility index (Phi) is 3.36. The fourth-order valence-corrected chi connectivity index (χ4v) is 2.60. The molecule has 1 aromatic rings. The summed E-state index contributed by atoms with van der Waals surface area (Å²) >= 11 is 0. The van der Waals surface area contributed by atoms with Crippen LogP contribution in [0.1, 0.15) is 20.3 Å². The molecule has 0 radical (unpaired) electrons. The normalized spacial score (nSPS) is 24.0. The van der Waals surface area contributed by atoms with E-state index in [1.807, 2.05) is 4.90 Å². The Labute approximate surface area is 106 Å². The van der Waals surface area contributed by atoms with Gasteiger partial charge >= 0.3 is 0 Å². The van der Waals surface area contributed by atoms with Crippen molar-refractivity contribution in [1.29, 1.82) is 10.8 Å². The SMILES string of the molecule is CC1CC(C)CN(C(=N)n2ccnc(N)c2=N)C1. The number of nitrogen functional groups attached to an aromatic ring is 1. The van der Waals surface area contributed by atoms with Gasteiger partial charge in [0.2, 0.25) is 5.96 Å². The smallest absolute Gasteiger partial charge is 0.203 e. The molecule has 0 aromatic carbocycles. The highest BCUT2D eigenvalue weighted by atomic mass is 15.3. The van der Waals surface area contributed by atoms with Gasteiger partial charge in [-0.2, -0.15) is 0 Å². The monoisotopic (exact) mass is 248 g/mol. The van der Waals surface area contributed by atoms with Crippen molar-refractivity contribution in [3.8, 4) is 0 Å². The predicted molar refractivity (Wildman–Crippen MR) is 70.1 cm³/mol. The highest BCUT2D eigenvalue weighted by Crippen LogP contribution is 2.20. The second-order valence-electron chi connectivity index (χ2n) is 5.21. The van der Waals surface area contributed by atoms with E-state index in [0.717, 1.165) is 13.1 Å². The lowest BCUT2D eigenvalue weighted by Crippen LogP contribution is -2.47. The number of nitrogens with one attached hydrogen (secondary N) is 2. The summed E-state index contributed by atoms with van der Waals surface area (Å²) < 4.78 is 1.48. The zero-order valence-electron chi connectivity index (χ0n) is 10.8. The summed E-state index contributed by atoms with van der Waals surface area (Å²) in [5.41, 5.74) is 5.69. The third-order valence-corrected chi connectivity index (χ3v) is 3.31. The molecule has 1 aliphatic heterocycles. The van der Waals surface area contributed by atoms with Gasteiger partial charge in [0.25, 0.3) is 0 Å². The van der Waals surface area contributed by atoms with Crippen LogP contribution in [0.4, 0.5) is 5.82 Å². The second kappa shape index (κ2) is 4.80. The third-order valence-electron chi connectivity index (χ3n) is 3.31. The van der Waals surface area contributed by atoms with Crippen molar-refractivity contribution in [1.82, 2.24) is 14.5 Å². The van der Waals surface area contributed by atoms with Gasteiger partial charge in [-0.1, -0.05) is 13.8 Å². The van der Waals surface area contributed by atoms with Crippen molar-refractivity contribution in [2.45, 2.75) is 20.3 Å². The van der Waals surface area contributed by atoms with E-state index in [2.05, 4.69) is 18.8 Å². The van der Waals surface area contributed by atoms with Crippen LogP contribution < -0.4 is 11.2 Å². The molecule has 6 nitrogen and oxygen atoms in total. The summed E-state index contributed by atoms with van der Waals surface area (Å²) in [4.78, 5) is 5.86. The average Bonchev–Trinajstić information content (AvgIpc) is 2.30. The summed E-state index contributed by atoms with van der Waals surface area (Å²) in [5, 5.41) is 16.1. The molecule has 98 valence electrons. The number of nitrogens with zero attached hydrogens (tertiary/aromatic N) is 3. The number of anilines is 1. The molecular formula is C12H20N6. The van der Waals surface area contributed by atoms with Gasteiger partial charge in [0.1, 0.15) is 0 Å². The van der Waals surface area contributed by atoms with Crippen LogP contribution >= 0.6 is 0 Å².